The zero-order valence-corrected chi connectivity index (χ0v) is 37.7. The minimum absolute atomic E-state index is 1.20. The molecule has 0 aliphatic heterocycles. The lowest BCUT2D eigenvalue weighted by atomic mass is 9.83. The highest BCUT2D eigenvalue weighted by Gasteiger charge is 2.21. The summed E-state index contributed by atoms with van der Waals surface area (Å²) in [5.74, 6) is 0. The van der Waals surface area contributed by atoms with Crippen molar-refractivity contribution < 1.29 is 0 Å². The van der Waals surface area contributed by atoms with E-state index in [-0.39, 0.29) is 0 Å². The average molecular weight is 875 g/mol. The fourth-order valence-corrected chi connectivity index (χ4v) is 11.6. The van der Waals surface area contributed by atoms with Gasteiger partial charge in [0.1, 0.15) is 0 Å². The lowest BCUT2D eigenvalue weighted by Crippen LogP contribution is -1.94. The van der Waals surface area contributed by atoms with Gasteiger partial charge in [-0.25, -0.2) is 0 Å². The predicted octanol–water partition coefficient (Wildman–Crippen LogP) is 19.1. The average Bonchev–Trinajstić information content (AvgIpc) is 4.11. The molecule has 0 aliphatic rings. The van der Waals surface area contributed by atoms with E-state index in [4.69, 9.17) is 0 Å². The summed E-state index contributed by atoms with van der Waals surface area (Å²) in [5, 5.41) is 4.92. The van der Waals surface area contributed by atoms with Gasteiger partial charge in [-0.2, -0.15) is 0 Å². The first-order valence-corrected chi connectivity index (χ1v) is 24.1. The Labute approximate surface area is 394 Å². The molecule has 0 radical (unpaired) electrons. The minimum atomic E-state index is 1.20. The van der Waals surface area contributed by atoms with Crippen molar-refractivity contribution in [1.29, 1.82) is 0 Å². The Morgan fingerprint density at radius 3 is 0.879 bits per heavy atom. The second-order valence-electron chi connectivity index (χ2n) is 16.8. The standard InChI is InChI=1S/C64H42S2/c1-6-18-43(19-7-1)49-36-50(44-20-8-2-9-21-44)39-53(38-49)63-55-28-16-17-29-56(55)64(54-40-51(45-22-10-3-11-23-45)37-52(41-54)46-24-12-4-13-25-46)58-42-48(30-31-57(58)63)60-33-35-62(66-60)61-34-32-59(65-61)47-26-14-5-15-27-47/h1-42H. The van der Waals surface area contributed by atoms with Crippen molar-refractivity contribution in [3.05, 3.63) is 255 Å². The van der Waals surface area contributed by atoms with Crippen molar-refractivity contribution in [2.75, 3.05) is 0 Å². The van der Waals surface area contributed by atoms with Crippen molar-refractivity contribution in [3.8, 4) is 97.4 Å². The Kier molecular flexibility index (Phi) is 10.4. The second-order valence-corrected chi connectivity index (χ2v) is 19.0. The van der Waals surface area contributed by atoms with Crippen LogP contribution in [0, 0.1) is 0 Å². The normalized spacial score (nSPS) is 11.3. The minimum Gasteiger partial charge on any atom is -0.134 e. The third kappa shape index (κ3) is 7.57. The van der Waals surface area contributed by atoms with Crippen molar-refractivity contribution in [2.24, 2.45) is 0 Å². The van der Waals surface area contributed by atoms with E-state index in [1.165, 1.54) is 119 Å². The molecule has 2 heteroatoms. The van der Waals surface area contributed by atoms with E-state index in [0.29, 0.717) is 0 Å². The monoisotopic (exact) mass is 874 g/mol. The molecule has 0 N–H and O–H groups in total. The lowest BCUT2D eigenvalue weighted by molar-refractivity contribution is 1.57. The Hall–Kier alpha value is -7.88. The van der Waals surface area contributed by atoms with Crippen LogP contribution in [0.3, 0.4) is 0 Å². The number of thiophene rings is 2. The van der Waals surface area contributed by atoms with E-state index in [9.17, 15) is 0 Å². The summed E-state index contributed by atoms with van der Waals surface area (Å²) in [6.07, 6.45) is 0. The fraction of sp³-hybridized carbons (Fsp3) is 0. The van der Waals surface area contributed by atoms with Crippen LogP contribution >= 0.6 is 22.7 Å². The van der Waals surface area contributed by atoms with Crippen LogP contribution in [0.2, 0.25) is 0 Å². The first-order chi connectivity index (χ1) is 32.7. The van der Waals surface area contributed by atoms with Gasteiger partial charge in [0.05, 0.1) is 0 Å². The molecule has 0 bridgehead atoms. The molecule has 0 atom stereocenters. The second kappa shape index (κ2) is 17.3. The smallest absolute Gasteiger partial charge is 0.0449 e. The van der Waals surface area contributed by atoms with Gasteiger partial charge in [-0.1, -0.05) is 188 Å². The maximum Gasteiger partial charge on any atom is 0.0449 e. The van der Waals surface area contributed by atoms with Crippen LogP contribution < -0.4 is 0 Å². The maximum atomic E-state index is 2.47. The van der Waals surface area contributed by atoms with Gasteiger partial charge in [-0.15, -0.1) is 22.7 Å². The first kappa shape index (κ1) is 39.7. The molecule has 2 heterocycles. The van der Waals surface area contributed by atoms with Gasteiger partial charge < -0.3 is 0 Å². The zero-order chi connectivity index (χ0) is 43.8. The van der Waals surface area contributed by atoms with Gasteiger partial charge in [0.15, 0.2) is 0 Å². The molecule has 12 aromatic rings. The Bertz CT molecular complexity index is 3540. The van der Waals surface area contributed by atoms with E-state index < -0.39 is 0 Å². The highest BCUT2D eigenvalue weighted by Crippen LogP contribution is 2.49. The van der Waals surface area contributed by atoms with Crippen LogP contribution in [0.5, 0.6) is 0 Å². The first-order valence-electron chi connectivity index (χ1n) is 22.5. The molecule has 2 aromatic heterocycles. The van der Waals surface area contributed by atoms with Crippen LogP contribution in [0.4, 0.5) is 0 Å². The molecular weight excluding hydrogens is 833 g/mol. The molecule has 12 rings (SSSR count). The number of rotatable bonds is 9. The molecule has 0 nitrogen and oxygen atoms in total. The summed E-state index contributed by atoms with van der Waals surface area (Å²) in [6.45, 7) is 0. The van der Waals surface area contributed by atoms with Gasteiger partial charge in [0.25, 0.3) is 0 Å². The zero-order valence-electron chi connectivity index (χ0n) is 36.1. The van der Waals surface area contributed by atoms with Crippen LogP contribution in [0.1, 0.15) is 0 Å². The molecule has 0 amide bonds. The van der Waals surface area contributed by atoms with Crippen molar-refractivity contribution in [1.82, 2.24) is 0 Å². The lowest BCUT2D eigenvalue weighted by Gasteiger charge is -2.21. The summed E-state index contributed by atoms with van der Waals surface area (Å²) < 4.78 is 0. The Morgan fingerprint density at radius 1 is 0.167 bits per heavy atom. The van der Waals surface area contributed by atoms with Gasteiger partial charge in [0, 0.05) is 19.5 Å². The SMILES string of the molecule is c1ccc(-c2cc(-c3ccccc3)cc(-c3c4ccccc4c(-c4cc(-c5ccccc5)cc(-c5ccccc5)c4)c4cc(-c5ccc(-c6ccc(-c7ccccc7)s6)s5)ccc34)c2)cc1. The largest absolute Gasteiger partial charge is 0.134 e. The van der Waals surface area contributed by atoms with Crippen LogP contribution in [0.15, 0.2) is 255 Å². The third-order valence-corrected chi connectivity index (χ3v) is 15.2. The van der Waals surface area contributed by atoms with Gasteiger partial charge in [-0.05, 0) is 166 Å². The molecule has 0 saturated heterocycles. The molecule has 0 aliphatic carbocycles. The number of fused-ring (bicyclic) bond motifs is 2. The molecular formula is C64H42S2. The van der Waals surface area contributed by atoms with E-state index >= 15 is 0 Å². The third-order valence-electron chi connectivity index (χ3n) is 12.7. The Balaban J connectivity index is 1.12. The molecule has 10 aromatic carbocycles. The molecule has 310 valence electrons. The maximum absolute atomic E-state index is 2.47. The van der Waals surface area contributed by atoms with Crippen molar-refractivity contribution >= 4 is 44.2 Å². The highest BCUT2D eigenvalue weighted by molar-refractivity contribution is 7.25. The van der Waals surface area contributed by atoms with Gasteiger partial charge in [-0.3, -0.25) is 0 Å². The van der Waals surface area contributed by atoms with Crippen LogP contribution in [0.25, 0.3) is 119 Å². The van der Waals surface area contributed by atoms with E-state index in [1.807, 2.05) is 22.7 Å². The van der Waals surface area contributed by atoms with Crippen molar-refractivity contribution in [2.45, 2.75) is 0 Å². The number of benzene rings is 10. The quantitative estimate of drug-likeness (QED) is 0.127. The van der Waals surface area contributed by atoms with Crippen LogP contribution in [-0.2, 0) is 0 Å². The Morgan fingerprint density at radius 2 is 0.470 bits per heavy atom. The summed E-state index contributed by atoms with van der Waals surface area (Å²) in [6, 6.07) is 93.6. The fourth-order valence-electron chi connectivity index (χ4n) is 9.54. The predicted molar refractivity (Wildman–Crippen MR) is 286 cm³/mol. The van der Waals surface area contributed by atoms with E-state index in [2.05, 4.69) is 255 Å². The number of hydrogen-bond donors (Lipinski definition) is 0. The topological polar surface area (TPSA) is 0 Å². The summed E-state index contributed by atoms with van der Waals surface area (Å²) >= 11 is 3.73. The summed E-state index contributed by atoms with van der Waals surface area (Å²) in [7, 11) is 0. The highest BCUT2D eigenvalue weighted by atomic mass is 32.1. The van der Waals surface area contributed by atoms with Gasteiger partial charge in [0.2, 0.25) is 0 Å². The molecule has 0 unspecified atom stereocenters. The molecule has 0 spiro atoms. The van der Waals surface area contributed by atoms with E-state index in [1.54, 1.807) is 0 Å². The van der Waals surface area contributed by atoms with Gasteiger partial charge >= 0.3 is 0 Å². The van der Waals surface area contributed by atoms with Crippen LogP contribution in [-0.4, -0.2) is 0 Å². The molecule has 0 saturated carbocycles. The van der Waals surface area contributed by atoms with Crippen molar-refractivity contribution in [3.63, 3.8) is 0 Å². The van der Waals surface area contributed by atoms with E-state index in [0.717, 1.165) is 0 Å². The molecule has 66 heavy (non-hydrogen) atoms. The summed E-state index contributed by atoms with van der Waals surface area (Å²) in [5.41, 5.74) is 16.9. The summed E-state index contributed by atoms with van der Waals surface area (Å²) in [4.78, 5) is 5.11. The number of hydrogen-bond acceptors (Lipinski definition) is 2. The molecule has 0 fully saturated rings.